The summed E-state index contributed by atoms with van der Waals surface area (Å²) in [5.74, 6) is -0.530. The van der Waals surface area contributed by atoms with Gasteiger partial charge >= 0.3 is 5.97 Å². The second-order valence-electron chi connectivity index (χ2n) is 8.33. The Bertz CT molecular complexity index is 1320. The predicted octanol–water partition coefficient (Wildman–Crippen LogP) is 3.64. The number of hydrogen-bond donors (Lipinski definition) is 2. The molecule has 1 saturated heterocycles. The molecule has 33 heavy (non-hydrogen) atoms. The highest BCUT2D eigenvalue weighted by Gasteiger charge is 2.22. The number of sulfonamides is 1. The second kappa shape index (κ2) is 8.90. The zero-order chi connectivity index (χ0) is 23.8. The molecular weight excluding hydrogens is 440 g/mol. The third-order valence-corrected chi connectivity index (χ3v) is 7.29. The Morgan fingerprint density at radius 2 is 1.73 bits per heavy atom. The van der Waals surface area contributed by atoms with Gasteiger partial charge in [0.2, 0.25) is 10.0 Å². The Hall–Kier alpha value is -3.33. The topological polar surface area (TPSA) is 103 Å². The van der Waals surface area contributed by atoms with Gasteiger partial charge in [0.1, 0.15) is 5.82 Å². The van der Waals surface area contributed by atoms with E-state index in [0.29, 0.717) is 22.4 Å². The molecule has 1 aromatic heterocycles. The molecule has 2 heterocycles. The Labute approximate surface area is 193 Å². The third kappa shape index (κ3) is 4.88. The molecule has 0 aliphatic carbocycles. The van der Waals surface area contributed by atoms with Gasteiger partial charge in [-0.05, 0) is 62.2 Å². The van der Waals surface area contributed by atoms with E-state index in [2.05, 4.69) is 46.6 Å². The van der Waals surface area contributed by atoms with E-state index >= 15 is 0 Å². The van der Waals surface area contributed by atoms with E-state index in [4.69, 9.17) is 4.98 Å². The summed E-state index contributed by atoms with van der Waals surface area (Å²) in [6.45, 7) is 8.80. The van der Waals surface area contributed by atoms with Crippen LogP contribution in [-0.4, -0.2) is 56.4 Å². The summed E-state index contributed by atoms with van der Waals surface area (Å²) >= 11 is 0. The van der Waals surface area contributed by atoms with Crippen LogP contribution in [0.1, 0.15) is 28.4 Å². The number of rotatable bonds is 6. The highest BCUT2D eigenvalue weighted by Crippen LogP contribution is 2.28. The van der Waals surface area contributed by atoms with Crippen molar-refractivity contribution in [3.05, 3.63) is 59.2 Å². The maximum atomic E-state index is 12.0. The smallest absolute Gasteiger partial charge is 0.336 e. The monoisotopic (exact) mass is 468 g/mol. The summed E-state index contributed by atoms with van der Waals surface area (Å²) in [6.07, 6.45) is 0. The molecule has 0 atom stereocenters. The van der Waals surface area contributed by atoms with E-state index in [1.165, 1.54) is 22.9 Å². The van der Waals surface area contributed by atoms with Crippen molar-refractivity contribution in [1.82, 2.24) is 4.98 Å². The average molecular weight is 469 g/mol. The van der Waals surface area contributed by atoms with Gasteiger partial charge in [0.05, 0.1) is 16.8 Å². The Morgan fingerprint density at radius 3 is 2.39 bits per heavy atom. The molecule has 2 aromatic carbocycles. The van der Waals surface area contributed by atoms with Gasteiger partial charge in [-0.2, -0.15) is 0 Å². The van der Waals surface area contributed by atoms with Gasteiger partial charge in [-0.25, -0.2) is 18.2 Å². The quantitative estimate of drug-likeness (QED) is 0.569. The fourth-order valence-corrected chi connectivity index (χ4v) is 4.73. The number of anilines is 3. The second-order valence-corrected chi connectivity index (χ2v) is 10.3. The number of aromatic carboxylic acids is 1. The van der Waals surface area contributed by atoms with E-state index < -0.39 is 16.0 Å². The molecule has 0 bridgehead atoms. The Kier molecular flexibility index (Phi) is 6.16. The van der Waals surface area contributed by atoms with Crippen LogP contribution in [-0.2, 0) is 10.0 Å². The summed E-state index contributed by atoms with van der Waals surface area (Å²) in [5.41, 5.74) is 4.63. The molecule has 1 fully saturated rings. The molecular formula is C24H28N4O4S. The lowest BCUT2D eigenvalue weighted by molar-refractivity contribution is 0.0699. The van der Waals surface area contributed by atoms with Crippen LogP contribution in [0.5, 0.6) is 0 Å². The average Bonchev–Trinajstić information content (AvgIpc) is 2.79. The highest BCUT2D eigenvalue weighted by molar-refractivity contribution is 7.92. The number of benzene rings is 2. The molecule has 0 amide bonds. The zero-order valence-electron chi connectivity index (χ0n) is 19.0. The molecule has 0 radical (unpaired) electrons. The van der Waals surface area contributed by atoms with Crippen LogP contribution in [0.3, 0.4) is 0 Å². The molecule has 0 spiro atoms. The predicted molar refractivity (Wildman–Crippen MR) is 132 cm³/mol. The van der Waals surface area contributed by atoms with Crippen molar-refractivity contribution in [1.29, 1.82) is 0 Å². The number of aromatic nitrogens is 1. The maximum Gasteiger partial charge on any atom is 0.336 e. The number of carboxylic acid groups (broad SMARTS) is 1. The van der Waals surface area contributed by atoms with Gasteiger partial charge in [0, 0.05) is 42.9 Å². The van der Waals surface area contributed by atoms with E-state index in [1.54, 1.807) is 25.1 Å². The highest BCUT2D eigenvalue weighted by atomic mass is 32.2. The minimum Gasteiger partial charge on any atom is -0.478 e. The minimum absolute atomic E-state index is 0.0674. The molecule has 9 heteroatoms. The lowest BCUT2D eigenvalue weighted by Crippen LogP contribution is -2.47. The van der Waals surface area contributed by atoms with Gasteiger partial charge in [-0.1, -0.05) is 12.1 Å². The molecule has 2 N–H and O–H groups in total. The van der Waals surface area contributed by atoms with Gasteiger partial charge < -0.3 is 14.9 Å². The zero-order valence-corrected chi connectivity index (χ0v) is 19.8. The number of carbonyl (C=O) groups is 1. The molecule has 3 aromatic rings. The third-order valence-electron chi connectivity index (χ3n) is 5.99. The standard InChI is InChI=1S/C24H28N4O4S/c1-4-33(31,32)26-18-7-8-21-19(14-18)20(24(29)30)15-23(25-21)28-11-9-27(10-12-28)22-13-16(2)5-6-17(22)3/h5-8,13-15,26H,4,9-12H2,1-3H3,(H,29,30). The van der Waals surface area contributed by atoms with Gasteiger partial charge in [0.15, 0.2) is 0 Å². The molecule has 174 valence electrons. The number of nitrogens with zero attached hydrogens (tertiary/aromatic N) is 3. The SMILES string of the molecule is CCS(=O)(=O)Nc1ccc2nc(N3CCN(c4cc(C)ccc4C)CC3)cc(C(=O)O)c2c1. The first-order valence-corrected chi connectivity index (χ1v) is 12.6. The van der Waals surface area contributed by atoms with Gasteiger partial charge in [-0.15, -0.1) is 0 Å². The molecule has 0 saturated carbocycles. The minimum atomic E-state index is -3.46. The van der Waals surface area contributed by atoms with Crippen LogP contribution in [0.15, 0.2) is 42.5 Å². The summed E-state index contributed by atoms with van der Waals surface area (Å²) in [4.78, 5) is 21.2. The lowest BCUT2D eigenvalue weighted by atomic mass is 10.1. The van der Waals surface area contributed by atoms with E-state index in [0.717, 1.165) is 26.2 Å². The van der Waals surface area contributed by atoms with Crippen molar-refractivity contribution >= 4 is 44.1 Å². The van der Waals surface area contributed by atoms with Crippen LogP contribution in [0.2, 0.25) is 0 Å². The maximum absolute atomic E-state index is 12.0. The number of pyridine rings is 1. The first-order valence-electron chi connectivity index (χ1n) is 10.9. The molecule has 1 aliphatic heterocycles. The van der Waals surface area contributed by atoms with Crippen molar-refractivity contribution in [2.24, 2.45) is 0 Å². The van der Waals surface area contributed by atoms with Crippen LogP contribution in [0.25, 0.3) is 10.9 Å². The van der Waals surface area contributed by atoms with E-state index in [9.17, 15) is 18.3 Å². The van der Waals surface area contributed by atoms with Crippen molar-refractivity contribution in [2.75, 3.05) is 46.5 Å². The first-order chi connectivity index (χ1) is 15.7. The normalized spacial score (nSPS) is 14.5. The number of hydrogen-bond acceptors (Lipinski definition) is 6. The molecule has 1 aliphatic rings. The summed E-state index contributed by atoms with van der Waals surface area (Å²) < 4.78 is 26.3. The largest absolute Gasteiger partial charge is 0.478 e. The first kappa shape index (κ1) is 22.8. The number of aryl methyl sites for hydroxylation is 2. The Morgan fingerprint density at radius 1 is 1.03 bits per heavy atom. The number of fused-ring (bicyclic) bond motifs is 1. The van der Waals surface area contributed by atoms with Crippen LogP contribution < -0.4 is 14.5 Å². The van der Waals surface area contributed by atoms with Gasteiger partial charge in [-0.3, -0.25) is 4.72 Å². The van der Waals surface area contributed by atoms with Crippen molar-refractivity contribution in [3.8, 4) is 0 Å². The summed E-state index contributed by atoms with van der Waals surface area (Å²) in [5, 5.41) is 10.2. The Balaban J connectivity index is 1.61. The number of carboxylic acids is 1. The fraction of sp³-hybridized carbons (Fsp3) is 0.333. The van der Waals surface area contributed by atoms with E-state index in [1.807, 2.05) is 0 Å². The van der Waals surface area contributed by atoms with Crippen LogP contribution >= 0.6 is 0 Å². The van der Waals surface area contributed by atoms with Crippen LogP contribution in [0.4, 0.5) is 17.2 Å². The van der Waals surface area contributed by atoms with Crippen molar-refractivity contribution in [2.45, 2.75) is 20.8 Å². The molecule has 4 rings (SSSR count). The lowest BCUT2D eigenvalue weighted by Gasteiger charge is -2.37. The molecule has 8 nitrogen and oxygen atoms in total. The number of nitrogens with one attached hydrogen (secondary N) is 1. The summed E-state index contributed by atoms with van der Waals surface area (Å²) in [7, 11) is -3.46. The van der Waals surface area contributed by atoms with Crippen LogP contribution in [0, 0.1) is 13.8 Å². The van der Waals surface area contributed by atoms with E-state index in [-0.39, 0.29) is 11.3 Å². The van der Waals surface area contributed by atoms with Crippen molar-refractivity contribution in [3.63, 3.8) is 0 Å². The van der Waals surface area contributed by atoms with Gasteiger partial charge in [0.25, 0.3) is 0 Å². The van der Waals surface area contributed by atoms with Crippen molar-refractivity contribution < 1.29 is 18.3 Å². The summed E-state index contributed by atoms with van der Waals surface area (Å²) in [6, 6.07) is 12.8. The number of piperazine rings is 1. The molecule has 0 unspecified atom stereocenters. The fourth-order valence-electron chi connectivity index (χ4n) is 4.10.